The van der Waals surface area contributed by atoms with E-state index in [9.17, 15) is 38.7 Å². The zero-order valence-electron chi connectivity index (χ0n) is 27.8. The summed E-state index contributed by atoms with van der Waals surface area (Å²) in [6, 6.07) is -5.22. The van der Waals surface area contributed by atoms with Crippen molar-refractivity contribution in [3.8, 4) is 0 Å². The Bertz CT molecular complexity index is 1340. The summed E-state index contributed by atoms with van der Waals surface area (Å²) in [6.45, 7) is 3.92. The molecule has 48 heavy (non-hydrogen) atoms. The monoisotopic (exact) mass is 671 g/mol. The summed E-state index contributed by atoms with van der Waals surface area (Å²) in [7, 11) is 0. The molecule has 6 aliphatic rings. The summed E-state index contributed by atoms with van der Waals surface area (Å²) < 4.78 is 0. The predicted molar refractivity (Wildman–Crippen MR) is 170 cm³/mol. The van der Waals surface area contributed by atoms with Crippen LogP contribution in [0.5, 0.6) is 0 Å². The van der Waals surface area contributed by atoms with Crippen LogP contribution in [-0.4, -0.2) is 157 Å². The summed E-state index contributed by atoms with van der Waals surface area (Å²) in [5, 5.41) is 9.61. The molecule has 0 unspecified atom stereocenters. The van der Waals surface area contributed by atoms with Gasteiger partial charge >= 0.3 is 5.97 Å². The lowest BCUT2D eigenvalue weighted by Gasteiger charge is -2.36. The molecule has 0 aliphatic carbocycles. The Labute approximate surface area is 280 Å². The highest BCUT2D eigenvalue weighted by Crippen LogP contribution is 2.32. The van der Waals surface area contributed by atoms with Gasteiger partial charge in [0.2, 0.25) is 35.4 Å². The van der Waals surface area contributed by atoms with Crippen molar-refractivity contribution < 1.29 is 38.7 Å². The van der Waals surface area contributed by atoms with Gasteiger partial charge < -0.3 is 40.2 Å². The minimum atomic E-state index is -1.04. The fourth-order valence-electron chi connectivity index (χ4n) is 8.94. The third-order valence-electron chi connectivity index (χ3n) is 11.3. The van der Waals surface area contributed by atoms with Gasteiger partial charge in [-0.25, -0.2) is 4.79 Å². The third-order valence-corrected chi connectivity index (χ3v) is 11.3. The van der Waals surface area contributed by atoms with E-state index in [0.29, 0.717) is 116 Å². The molecule has 15 heteroatoms. The van der Waals surface area contributed by atoms with Crippen LogP contribution in [0, 0.1) is 0 Å². The number of carbonyl (C=O) groups excluding carboxylic acids is 6. The van der Waals surface area contributed by atoms with Crippen molar-refractivity contribution in [1.82, 2.24) is 29.4 Å². The summed E-state index contributed by atoms with van der Waals surface area (Å²) in [6.07, 6.45) is 6.54. The number of carbonyl (C=O) groups is 7. The molecule has 264 valence electrons. The first-order valence-corrected chi connectivity index (χ1v) is 17.8. The first-order chi connectivity index (χ1) is 23.0. The number of hydrogen-bond donors (Lipinski definition) is 2. The average Bonchev–Trinajstić information content (AvgIpc) is 3.92. The van der Waals surface area contributed by atoms with Gasteiger partial charge in [-0.3, -0.25) is 28.8 Å². The lowest BCUT2D eigenvalue weighted by molar-refractivity contribution is -0.155. The maximum atomic E-state index is 14.1. The maximum Gasteiger partial charge on any atom is 0.326 e. The molecular weight excluding hydrogens is 622 g/mol. The topological polar surface area (TPSA) is 185 Å². The van der Waals surface area contributed by atoms with Crippen LogP contribution >= 0.6 is 0 Å². The highest BCUT2D eigenvalue weighted by molar-refractivity contribution is 5.98. The SMILES string of the molecule is C[C@H](N)C(=O)N1CCC[C@H]1C(=O)N1CCC[C@H]1C(=O)N1CCC[C@H]1C(=O)N1CCC[C@H]1C(=O)N1CCC[C@H]1C(=O)N1CCC[C@H]1C(=O)O. The average molecular weight is 672 g/mol. The van der Waals surface area contributed by atoms with Gasteiger partial charge in [0.15, 0.2) is 0 Å². The van der Waals surface area contributed by atoms with Crippen LogP contribution in [0.25, 0.3) is 0 Å². The largest absolute Gasteiger partial charge is 0.480 e. The Morgan fingerprint density at radius 2 is 0.688 bits per heavy atom. The van der Waals surface area contributed by atoms with Gasteiger partial charge in [0, 0.05) is 39.3 Å². The van der Waals surface area contributed by atoms with Gasteiger partial charge in [-0.05, 0) is 84.0 Å². The molecule has 6 rings (SSSR count). The minimum Gasteiger partial charge on any atom is -0.480 e. The molecule has 7 atom stereocenters. The molecule has 6 saturated heterocycles. The summed E-state index contributed by atoms with van der Waals surface area (Å²) in [5.74, 6) is -2.76. The van der Waals surface area contributed by atoms with Gasteiger partial charge in [-0.1, -0.05) is 0 Å². The van der Waals surface area contributed by atoms with E-state index in [0.717, 1.165) is 0 Å². The fourth-order valence-corrected chi connectivity index (χ4v) is 8.94. The van der Waals surface area contributed by atoms with Gasteiger partial charge in [0.25, 0.3) is 0 Å². The highest BCUT2D eigenvalue weighted by atomic mass is 16.4. The predicted octanol–water partition coefficient (Wildman–Crippen LogP) is -0.636. The van der Waals surface area contributed by atoms with E-state index in [2.05, 4.69) is 0 Å². The van der Waals surface area contributed by atoms with Crippen molar-refractivity contribution in [3.05, 3.63) is 0 Å². The van der Waals surface area contributed by atoms with Crippen LogP contribution < -0.4 is 5.73 Å². The van der Waals surface area contributed by atoms with E-state index in [1.54, 1.807) is 21.6 Å². The first kappa shape index (κ1) is 34.1. The Hall–Kier alpha value is -3.75. The zero-order chi connectivity index (χ0) is 34.3. The number of nitrogens with two attached hydrogens (primary N) is 1. The molecule has 6 amide bonds. The van der Waals surface area contributed by atoms with Crippen LogP contribution in [0.1, 0.15) is 84.0 Å². The van der Waals surface area contributed by atoms with E-state index in [1.165, 1.54) is 14.7 Å². The molecule has 0 spiro atoms. The van der Waals surface area contributed by atoms with Crippen LogP contribution in [0.15, 0.2) is 0 Å². The summed E-state index contributed by atoms with van der Waals surface area (Å²) >= 11 is 0. The van der Waals surface area contributed by atoms with Crippen LogP contribution in [-0.2, 0) is 33.6 Å². The fraction of sp³-hybridized carbons (Fsp3) is 0.788. The zero-order valence-corrected chi connectivity index (χ0v) is 27.8. The lowest BCUT2D eigenvalue weighted by Crippen LogP contribution is -2.58. The van der Waals surface area contributed by atoms with Crippen LogP contribution in [0.3, 0.4) is 0 Å². The van der Waals surface area contributed by atoms with Gasteiger partial charge in [-0.15, -0.1) is 0 Å². The van der Waals surface area contributed by atoms with Gasteiger partial charge in [0.05, 0.1) is 6.04 Å². The molecule has 0 aromatic carbocycles. The Morgan fingerprint density at radius 1 is 0.458 bits per heavy atom. The van der Waals surface area contributed by atoms with Crippen LogP contribution in [0.4, 0.5) is 0 Å². The summed E-state index contributed by atoms with van der Waals surface area (Å²) in [4.78, 5) is 103. The number of likely N-dealkylation sites (tertiary alicyclic amines) is 6. The first-order valence-electron chi connectivity index (χ1n) is 17.8. The minimum absolute atomic E-state index is 0.247. The van der Waals surface area contributed by atoms with E-state index >= 15 is 0 Å². The molecule has 0 saturated carbocycles. The molecule has 0 radical (unpaired) electrons. The second kappa shape index (κ2) is 14.0. The van der Waals surface area contributed by atoms with Crippen LogP contribution in [0.2, 0.25) is 0 Å². The standard InChI is InChI=1S/C33H49N7O8/c1-20(34)27(41)35-14-2-8-21(35)28(42)36-15-3-9-22(36)29(43)37-16-4-10-23(37)30(44)38-17-5-11-24(38)31(45)39-18-6-12-25(39)32(46)40-19-7-13-26(40)33(47)48/h20-26H,2-19,34H2,1H3,(H,47,48)/t20-,21-,22-,23-,24-,25-,26-/m0/s1. The molecule has 15 nitrogen and oxygen atoms in total. The van der Waals surface area contributed by atoms with E-state index < -0.39 is 48.3 Å². The third kappa shape index (κ3) is 6.14. The van der Waals surface area contributed by atoms with Gasteiger partial charge in [-0.2, -0.15) is 0 Å². The van der Waals surface area contributed by atoms with Crippen molar-refractivity contribution in [1.29, 1.82) is 0 Å². The second-order valence-corrected chi connectivity index (χ2v) is 14.3. The number of rotatable bonds is 7. The molecule has 0 aromatic heterocycles. The molecule has 0 bridgehead atoms. The van der Waals surface area contributed by atoms with Crippen molar-refractivity contribution in [2.75, 3.05) is 39.3 Å². The Balaban J connectivity index is 1.13. The second-order valence-electron chi connectivity index (χ2n) is 14.3. The molecule has 6 fully saturated rings. The number of hydrogen-bond acceptors (Lipinski definition) is 8. The molecule has 6 heterocycles. The molecule has 0 aromatic rings. The highest BCUT2D eigenvalue weighted by Gasteiger charge is 2.50. The quantitative estimate of drug-likeness (QED) is 0.356. The van der Waals surface area contributed by atoms with Crippen molar-refractivity contribution in [2.45, 2.75) is 126 Å². The van der Waals surface area contributed by atoms with Crippen molar-refractivity contribution >= 4 is 41.4 Å². The smallest absolute Gasteiger partial charge is 0.326 e. The maximum absolute atomic E-state index is 14.1. The van der Waals surface area contributed by atoms with E-state index in [4.69, 9.17) is 5.73 Å². The normalized spacial score (nSPS) is 31.2. The number of aliphatic carboxylic acids is 1. The molecular formula is C33H49N7O8. The number of nitrogens with zero attached hydrogens (tertiary/aromatic N) is 6. The summed E-state index contributed by atoms with van der Waals surface area (Å²) in [5.41, 5.74) is 5.84. The Kier molecular flexibility index (Phi) is 9.96. The number of carboxylic acids is 1. The number of amides is 6. The van der Waals surface area contributed by atoms with Gasteiger partial charge in [0.1, 0.15) is 36.3 Å². The lowest BCUT2D eigenvalue weighted by atomic mass is 10.1. The van der Waals surface area contributed by atoms with Crippen molar-refractivity contribution in [2.24, 2.45) is 5.73 Å². The van der Waals surface area contributed by atoms with E-state index in [-0.39, 0.29) is 35.4 Å². The molecule has 3 N–H and O–H groups in total. The van der Waals surface area contributed by atoms with E-state index in [1.807, 2.05) is 0 Å². The molecule has 6 aliphatic heterocycles. The van der Waals surface area contributed by atoms with Crippen molar-refractivity contribution in [3.63, 3.8) is 0 Å². The number of carboxylic acid groups (broad SMARTS) is 1. The Morgan fingerprint density at radius 3 is 0.958 bits per heavy atom.